The normalized spacial score (nSPS) is 15.9. The van der Waals surface area contributed by atoms with Crippen LogP contribution in [0.25, 0.3) is 11.1 Å². The number of carbonyl (C=O) groups is 2. The van der Waals surface area contributed by atoms with Gasteiger partial charge in [0.15, 0.2) is 5.71 Å². The number of phenols is 1. The largest absolute Gasteiger partial charge is 0.505 e. The number of rotatable bonds is 5. The number of anilines is 2. The summed E-state index contributed by atoms with van der Waals surface area (Å²) in [6.07, 6.45) is 2.64. The van der Waals surface area contributed by atoms with Crippen LogP contribution in [0.5, 0.6) is 5.75 Å². The molecule has 5 rings (SSSR count). The molecule has 0 aromatic heterocycles. The lowest BCUT2D eigenvalue weighted by Gasteiger charge is -2.16. The van der Waals surface area contributed by atoms with E-state index in [9.17, 15) is 19.8 Å². The van der Waals surface area contributed by atoms with Crippen molar-refractivity contribution in [3.63, 3.8) is 0 Å². The number of benzene rings is 3. The maximum Gasteiger partial charge on any atom is 0.335 e. The fourth-order valence-electron chi connectivity index (χ4n) is 4.68. The predicted molar refractivity (Wildman–Crippen MR) is 140 cm³/mol. The lowest BCUT2D eigenvalue weighted by Crippen LogP contribution is -2.28. The van der Waals surface area contributed by atoms with Crippen molar-refractivity contribution < 1.29 is 19.8 Å². The van der Waals surface area contributed by atoms with E-state index in [4.69, 9.17) is 0 Å². The van der Waals surface area contributed by atoms with Crippen molar-refractivity contribution in [3.05, 3.63) is 76.3 Å². The molecule has 3 aromatic carbocycles. The average molecular weight is 483 g/mol. The molecule has 0 fully saturated rings. The van der Waals surface area contributed by atoms with Gasteiger partial charge in [-0.15, -0.1) is 0 Å². The molecule has 8 nitrogen and oxygen atoms in total. The molecule has 0 unspecified atom stereocenters. The molecule has 1 aliphatic carbocycles. The number of fused-ring (bicyclic) bond motifs is 1. The van der Waals surface area contributed by atoms with Crippen molar-refractivity contribution in [1.29, 1.82) is 0 Å². The SMILES string of the molecule is CC1=NN(c2ccc(C)c(C)c2)C(=O)/C1=N\Nc1cc2c(c(-c3ccc(C(=O)O)cc3)c1O)CCC2. The molecule has 0 atom stereocenters. The van der Waals surface area contributed by atoms with Crippen LogP contribution in [0.2, 0.25) is 0 Å². The summed E-state index contributed by atoms with van der Waals surface area (Å²) in [5.74, 6) is -1.35. The van der Waals surface area contributed by atoms with Gasteiger partial charge in [-0.05, 0) is 98.2 Å². The molecule has 182 valence electrons. The van der Waals surface area contributed by atoms with Gasteiger partial charge in [-0.1, -0.05) is 18.2 Å². The van der Waals surface area contributed by atoms with E-state index in [-0.39, 0.29) is 22.9 Å². The van der Waals surface area contributed by atoms with Crippen molar-refractivity contribution >= 4 is 34.7 Å². The molecule has 3 aromatic rings. The monoisotopic (exact) mass is 482 g/mol. The molecule has 1 aliphatic heterocycles. The zero-order valence-electron chi connectivity index (χ0n) is 20.3. The van der Waals surface area contributed by atoms with Crippen molar-refractivity contribution in [2.45, 2.75) is 40.0 Å². The van der Waals surface area contributed by atoms with Gasteiger partial charge in [-0.25, -0.2) is 4.79 Å². The Morgan fingerprint density at radius 1 is 1.03 bits per heavy atom. The van der Waals surface area contributed by atoms with Crippen LogP contribution in [0.4, 0.5) is 11.4 Å². The van der Waals surface area contributed by atoms with Crippen LogP contribution in [0, 0.1) is 13.8 Å². The van der Waals surface area contributed by atoms with Gasteiger partial charge < -0.3 is 10.2 Å². The van der Waals surface area contributed by atoms with Gasteiger partial charge in [0, 0.05) is 5.56 Å². The second kappa shape index (κ2) is 8.96. The topological polar surface area (TPSA) is 115 Å². The van der Waals surface area contributed by atoms with Crippen molar-refractivity contribution in [2.75, 3.05) is 10.4 Å². The Hall–Kier alpha value is -4.46. The third-order valence-electron chi connectivity index (χ3n) is 6.80. The van der Waals surface area contributed by atoms with Gasteiger partial charge in [-0.3, -0.25) is 10.2 Å². The number of aryl methyl sites for hydroxylation is 3. The number of aromatic hydroxyl groups is 1. The average Bonchev–Trinajstić information content (AvgIpc) is 3.43. The standard InChI is InChI=1S/C28H26N4O4/c1-15-7-12-21(13-16(15)2)32-27(34)25(17(3)31-32)30-29-23-14-20-5-4-6-22(20)24(26(23)33)18-8-10-19(11-9-18)28(35)36/h7-14,29,33H,4-6H2,1-3H3,(H,35,36)/b30-25-. The molecule has 0 bridgehead atoms. The number of amides is 1. The van der Waals surface area contributed by atoms with Crippen LogP contribution in [-0.4, -0.2) is 33.5 Å². The second-order valence-electron chi connectivity index (χ2n) is 9.16. The first-order valence-corrected chi connectivity index (χ1v) is 11.8. The number of carbonyl (C=O) groups excluding carboxylic acids is 1. The zero-order valence-corrected chi connectivity index (χ0v) is 20.3. The Morgan fingerprint density at radius 3 is 2.47 bits per heavy atom. The van der Waals surface area contributed by atoms with E-state index in [0.717, 1.165) is 47.1 Å². The Kier molecular flexibility index (Phi) is 5.80. The molecule has 1 heterocycles. The highest BCUT2D eigenvalue weighted by molar-refractivity contribution is 6.71. The summed E-state index contributed by atoms with van der Waals surface area (Å²) in [6, 6.07) is 14.0. The van der Waals surface area contributed by atoms with E-state index in [0.29, 0.717) is 22.6 Å². The molecule has 0 saturated heterocycles. The van der Waals surface area contributed by atoms with E-state index in [1.165, 1.54) is 17.1 Å². The zero-order chi connectivity index (χ0) is 25.6. The Labute approximate surface area is 208 Å². The number of carboxylic acids is 1. The van der Waals surface area contributed by atoms with Gasteiger partial charge in [0.25, 0.3) is 0 Å². The van der Waals surface area contributed by atoms with E-state index in [2.05, 4.69) is 15.6 Å². The van der Waals surface area contributed by atoms with E-state index in [1.807, 2.05) is 38.1 Å². The van der Waals surface area contributed by atoms with E-state index in [1.54, 1.807) is 19.1 Å². The molecule has 36 heavy (non-hydrogen) atoms. The van der Waals surface area contributed by atoms with E-state index >= 15 is 0 Å². The van der Waals surface area contributed by atoms with Crippen molar-refractivity contribution in [1.82, 2.24) is 0 Å². The molecular formula is C28H26N4O4. The van der Waals surface area contributed by atoms with Crippen LogP contribution in [0.3, 0.4) is 0 Å². The van der Waals surface area contributed by atoms with Crippen LogP contribution in [-0.2, 0) is 17.6 Å². The van der Waals surface area contributed by atoms with Crippen LogP contribution in [0.15, 0.2) is 58.7 Å². The maximum absolute atomic E-state index is 13.1. The van der Waals surface area contributed by atoms with E-state index < -0.39 is 5.97 Å². The summed E-state index contributed by atoms with van der Waals surface area (Å²) >= 11 is 0. The maximum atomic E-state index is 13.1. The van der Waals surface area contributed by atoms with Crippen molar-refractivity contribution in [3.8, 4) is 16.9 Å². The summed E-state index contributed by atoms with van der Waals surface area (Å²) in [5, 5.41) is 30.5. The third kappa shape index (κ3) is 4.00. The summed E-state index contributed by atoms with van der Waals surface area (Å²) in [6.45, 7) is 5.71. The molecule has 8 heteroatoms. The number of hydrogen-bond donors (Lipinski definition) is 3. The van der Waals surface area contributed by atoms with Gasteiger partial charge in [-0.2, -0.15) is 15.2 Å². The van der Waals surface area contributed by atoms with Gasteiger partial charge >= 0.3 is 11.9 Å². The first-order valence-electron chi connectivity index (χ1n) is 11.8. The summed E-state index contributed by atoms with van der Waals surface area (Å²) < 4.78 is 0. The minimum atomic E-state index is -1.00. The molecule has 1 amide bonds. The third-order valence-corrected chi connectivity index (χ3v) is 6.80. The minimum absolute atomic E-state index is 0.00845. The summed E-state index contributed by atoms with van der Waals surface area (Å²) in [5.41, 5.74) is 10.5. The molecule has 0 spiro atoms. The quantitative estimate of drug-likeness (QED) is 0.348. The fourth-order valence-corrected chi connectivity index (χ4v) is 4.68. The number of hydrazone groups is 2. The Morgan fingerprint density at radius 2 is 1.78 bits per heavy atom. The highest BCUT2D eigenvalue weighted by Crippen LogP contribution is 2.44. The number of aromatic carboxylic acids is 1. The summed E-state index contributed by atoms with van der Waals surface area (Å²) in [7, 11) is 0. The first kappa shape index (κ1) is 23.3. The van der Waals surface area contributed by atoms with Crippen LogP contribution >= 0.6 is 0 Å². The molecule has 2 aliphatic rings. The first-order chi connectivity index (χ1) is 17.2. The molecule has 3 N–H and O–H groups in total. The smallest absolute Gasteiger partial charge is 0.335 e. The van der Waals surface area contributed by atoms with Gasteiger partial charge in [0.05, 0.1) is 22.6 Å². The Bertz CT molecular complexity index is 1470. The molecule has 0 radical (unpaired) electrons. The highest BCUT2D eigenvalue weighted by atomic mass is 16.4. The predicted octanol–water partition coefficient (Wildman–Crippen LogP) is 5.05. The number of nitrogens with one attached hydrogen (secondary N) is 1. The Balaban J connectivity index is 1.48. The van der Waals surface area contributed by atoms with Gasteiger partial charge in [0.2, 0.25) is 0 Å². The summed E-state index contributed by atoms with van der Waals surface area (Å²) in [4.78, 5) is 24.4. The highest BCUT2D eigenvalue weighted by Gasteiger charge is 2.31. The molecular weight excluding hydrogens is 456 g/mol. The number of nitrogens with zero attached hydrogens (tertiary/aromatic N) is 3. The van der Waals surface area contributed by atoms with Crippen molar-refractivity contribution in [2.24, 2.45) is 10.2 Å². The lowest BCUT2D eigenvalue weighted by atomic mass is 9.94. The number of hydrogen-bond acceptors (Lipinski definition) is 6. The minimum Gasteiger partial charge on any atom is -0.505 e. The van der Waals surface area contributed by atoms with Crippen LogP contribution < -0.4 is 10.4 Å². The lowest BCUT2D eigenvalue weighted by molar-refractivity contribution is -0.112. The number of carboxylic acid groups (broad SMARTS) is 1. The second-order valence-corrected chi connectivity index (χ2v) is 9.16. The fraction of sp³-hybridized carbons (Fsp3) is 0.214. The van der Waals surface area contributed by atoms with Crippen LogP contribution in [0.1, 0.15) is 46.0 Å². The molecule has 0 saturated carbocycles. The number of phenolic OH excluding ortho intramolecular Hbond substituents is 1. The van der Waals surface area contributed by atoms with Gasteiger partial charge in [0.1, 0.15) is 5.75 Å².